The second-order valence-corrected chi connectivity index (χ2v) is 3.34. The summed E-state index contributed by atoms with van der Waals surface area (Å²) in [5.74, 6) is 0.939. The van der Waals surface area contributed by atoms with Crippen molar-refractivity contribution in [1.29, 1.82) is 0 Å². The summed E-state index contributed by atoms with van der Waals surface area (Å²) in [6, 6.07) is 0.383. The van der Waals surface area contributed by atoms with Gasteiger partial charge in [-0.1, -0.05) is 0 Å². The average molecular weight is 217 g/mol. The minimum Gasteiger partial charge on any atom is -0.435 e. The molecule has 1 aliphatic heterocycles. The number of nitrogens with zero attached hydrogens (tertiary/aromatic N) is 1. The molecule has 1 fully saturated rings. The van der Waals surface area contributed by atoms with Gasteiger partial charge in [-0.15, -0.1) is 0 Å². The Kier molecular flexibility index (Phi) is 1.96. The summed E-state index contributed by atoms with van der Waals surface area (Å²) in [4.78, 5) is 4.54. The lowest BCUT2D eigenvalue weighted by Crippen LogP contribution is -2.11. The van der Waals surface area contributed by atoms with Crippen LogP contribution in [0.4, 0.5) is 0 Å². The van der Waals surface area contributed by atoms with Crippen LogP contribution in [0.1, 0.15) is 24.6 Å². The first-order valence-corrected chi connectivity index (χ1v) is 4.50. The first-order chi connectivity index (χ1) is 5.36. The molecule has 0 aliphatic carbocycles. The van der Waals surface area contributed by atoms with Crippen molar-refractivity contribution < 1.29 is 4.42 Å². The third kappa shape index (κ3) is 1.46. The van der Waals surface area contributed by atoms with Crippen LogP contribution in [0.25, 0.3) is 0 Å². The average Bonchev–Trinajstić information content (AvgIpc) is 2.55. The predicted octanol–water partition coefficient (Wildman–Crippen LogP) is 1.86. The van der Waals surface area contributed by atoms with Gasteiger partial charge in [-0.2, -0.15) is 0 Å². The zero-order valence-corrected chi connectivity index (χ0v) is 7.60. The number of hydrogen-bond acceptors (Lipinski definition) is 3. The molecule has 1 atom stereocenters. The van der Waals surface area contributed by atoms with E-state index in [1.54, 1.807) is 6.20 Å². The van der Waals surface area contributed by atoms with Gasteiger partial charge in [0.15, 0.2) is 0 Å². The van der Waals surface area contributed by atoms with E-state index in [9.17, 15) is 0 Å². The fourth-order valence-electron chi connectivity index (χ4n) is 1.35. The first-order valence-electron chi connectivity index (χ1n) is 3.71. The van der Waals surface area contributed by atoms with Crippen molar-refractivity contribution in [1.82, 2.24) is 10.3 Å². The van der Waals surface area contributed by atoms with E-state index in [1.165, 1.54) is 6.42 Å². The van der Waals surface area contributed by atoms with Crippen molar-refractivity contribution in [3.05, 3.63) is 16.8 Å². The molecular weight excluding hydrogens is 208 g/mol. The molecule has 0 spiro atoms. The van der Waals surface area contributed by atoms with Crippen molar-refractivity contribution in [3.63, 3.8) is 0 Å². The summed E-state index contributed by atoms with van der Waals surface area (Å²) >= 11 is 3.17. The Bertz CT molecular complexity index is 242. The number of nitrogens with one attached hydrogen (secondary N) is 1. The van der Waals surface area contributed by atoms with Crippen molar-refractivity contribution in [2.75, 3.05) is 6.54 Å². The van der Waals surface area contributed by atoms with Crippen LogP contribution < -0.4 is 5.32 Å². The molecule has 1 aromatic rings. The highest BCUT2D eigenvalue weighted by molar-refractivity contribution is 9.10. The molecule has 0 bridgehead atoms. The topological polar surface area (TPSA) is 38.1 Å². The Hall–Kier alpha value is -0.350. The maximum Gasteiger partial charge on any atom is 0.264 e. The van der Waals surface area contributed by atoms with Crippen LogP contribution in [-0.2, 0) is 0 Å². The van der Waals surface area contributed by atoms with Gasteiger partial charge >= 0.3 is 0 Å². The Morgan fingerprint density at radius 1 is 1.73 bits per heavy atom. The Morgan fingerprint density at radius 2 is 2.64 bits per heavy atom. The molecule has 3 nitrogen and oxygen atoms in total. The molecule has 1 saturated heterocycles. The van der Waals surface area contributed by atoms with Crippen molar-refractivity contribution >= 4 is 15.9 Å². The third-order valence-electron chi connectivity index (χ3n) is 1.90. The fourth-order valence-corrected chi connectivity index (χ4v) is 1.64. The molecule has 1 aliphatic rings. The summed E-state index contributed by atoms with van der Waals surface area (Å²) in [5.41, 5.74) is 0. The van der Waals surface area contributed by atoms with E-state index in [1.807, 2.05) is 0 Å². The van der Waals surface area contributed by atoms with E-state index < -0.39 is 0 Å². The number of aromatic nitrogens is 1. The molecule has 60 valence electrons. The van der Waals surface area contributed by atoms with Crippen LogP contribution in [0.5, 0.6) is 0 Å². The quantitative estimate of drug-likeness (QED) is 0.780. The second-order valence-electron chi connectivity index (χ2n) is 2.66. The van der Waals surface area contributed by atoms with Gasteiger partial charge in [0.1, 0.15) is 5.76 Å². The zero-order valence-electron chi connectivity index (χ0n) is 6.01. The van der Waals surface area contributed by atoms with E-state index in [0.717, 1.165) is 18.7 Å². The number of rotatable bonds is 1. The molecule has 11 heavy (non-hydrogen) atoms. The van der Waals surface area contributed by atoms with Gasteiger partial charge in [-0.3, -0.25) is 0 Å². The fraction of sp³-hybridized carbons (Fsp3) is 0.571. The maximum absolute atomic E-state index is 5.31. The summed E-state index contributed by atoms with van der Waals surface area (Å²) in [5, 5.41) is 3.33. The van der Waals surface area contributed by atoms with Gasteiger partial charge in [0, 0.05) is 15.9 Å². The van der Waals surface area contributed by atoms with Gasteiger partial charge in [-0.05, 0) is 19.4 Å². The first kappa shape index (κ1) is 7.31. The molecule has 1 N–H and O–H groups in total. The minimum absolute atomic E-state index is 0.383. The summed E-state index contributed by atoms with van der Waals surface area (Å²) < 4.78 is 5.31. The van der Waals surface area contributed by atoms with E-state index in [-0.39, 0.29) is 0 Å². The third-order valence-corrected chi connectivity index (χ3v) is 2.27. The normalized spacial score (nSPS) is 24.3. The van der Waals surface area contributed by atoms with Gasteiger partial charge in [-0.25, -0.2) is 4.98 Å². The SMILES string of the molecule is Brc1ncc(C2CCCN2)o1. The van der Waals surface area contributed by atoms with Crippen LogP contribution >= 0.6 is 15.9 Å². The number of halogens is 1. The van der Waals surface area contributed by atoms with Crippen molar-refractivity contribution in [2.24, 2.45) is 0 Å². The summed E-state index contributed by atoms with van der Waals surface area (Å²) in [7, 11) is 0. The van der Waals surface area contributed by atoms with Crippen molar-refractivity contribution in [2.45, 2.75) is 18.9 Å². The Balaban J connectivity index is 2.15. The minimum atomic E-state index is 0.383. The van der Waals surface area contributed by atoms with Gasteiger partial charge < -0.3 is 9.73 Å². The van der Waals surface area contributed by atoms with Gasteiger partial charge in [0.25, 0.3) is 4.80 Å². The summed E-state index contributed by atoms with van der Waals surface area (Å²) in [6.45, 7) is 1.09. The van der Waals surface area contributed by atoms with Gasteiger partial charge in [0.05, 0.1) is 12.2 Å². The van der Waals surface area contributed by atoms with Crippen LogP contribution in [0.3, 0.4) is 0 Å². The zero-order chi connectivity index (χ0) is 7.68. The van der Waals surface area contributed by atoms with Crippen LogP contribution in [-0.4, -0.2) is 11.5 Å². The Labute approximate surface area is 73.3 Å². The lowest BCUT2D eigenvalue weighted by molar-refractivity contribution is 0.427. The van der Waals surface area contributed by atoms with Gasteiger partial charge in [0.2, 0.25) is 0 Å². The van der Waals surface area contributed by atoms with Crippen LogP contribution in [0.15, 0.2) is 15.4 Å². The van der Waals surface area contributed by atoms with E-state index in [0.29, 0.717) is 10.8 Å². The maximum atomic E-state index is 5.31. The molecule has 4 heteroatoms. The van der Waals surface area contributed by atoms with Crippen molar-refractivity contribution in [3.8, 4) is 0 Å². The monoisotopic (exact) mass is 216 g/mol. The molecule has 0 saturated carbocycles. The van der Waals surface area contributed by atoms with Crippen LogP contribution in [0, 0.1) is 0 Å². The predicted molar refractivity (Wildman–Crippen MR) is 44.2 cm³/mol. The van der Waals surface area contributed by atoms with Crippen LogP contribution in [0.2, 0.25) is 0 Å². The number of hydrogen-bond donors (Lipinski definition) is 1. The molecule has 2 heterocycles. The number of oxazole rings is 1. The molecule has 0 aromatic carbocycles. The molecule has 0 amide bonds. The highest BCUT2D eigenvalue weighted by atomic mass is 79.9. The lowest BCUT2D eigenvalue weighted by Gasteiger charge is -2.03. The highest BCUT2D eigenvalue weighted by Gasteiger charge is 2.19. The van der Waals surface area contributed by atoms with E-state index >= 15 is 0 Å². The smallest absolute Gasteiger partial charge is 0.264 e. The van der Waals surface area contributed by atoms with E-state index in [2.05, 4.69) is 26.2 Å². The molecule has 2 rings (SSSR count). The lowest BCUT2D eigenvalue weighted by atomic mass is 10.2. The molecular formula is C7H9BrN2O. The molecule has 1 aromatic heterocycles. The largest absolute Gasteiger partial charge is 0.435 e. The molecule has 1 unspecified atom stereocenters. The second kappa shape index (κ2) is 2.95. The standard InChI is InChI=1S/C7H9BrN2O/c8-7-10-4-6(11-7)5-2-1-3-9-5/h4-5,9H,1-3H2. The molecule has 0 radical (unpaired) electrons. The summed E-state index contributed by atoms with van der Waals surface area (Å²) in [6.07, 6.45) is 4.15. The Morgan fingerprint density at radius 3 is 3.18 bits per heavy atom. The highest BCUT2D eigenvalue weighted by Crippen LogP contribution is 2.24. The van der Waals surface area contributed by atoms with E-state index in [4.69, 9.17) is 4.42 Å².